The first-order chi connectivity index (χ1) is 12.1. The van der Waals surface area contributed by atoms with Crippen LogP contribution in [-0.2, 0) is 17.8 Å². The first-order valence-corrected chi connectivity index (χ1v) is 8.78. The molecule has 1 fully saturated rings. The molecule has 1 N–H and O–H groups in total. The van der Waals surface area contributed by atoms with Gasteiger partial charge in [-0.1, -0.05) is 0 Å². The second-order valence-corrected chi connectivity index (χ2v) is 6.07. The van der Waals surface area contributed by atoms with Crippen LogP contribution in [0.4, 0.5) is 0 Å². The number of hydrogen-bond donors (Lipinski definition) is 1. The van der Waals surface area contributed by atoms with Crippen LogP contribution < -0.4 is 11.0 Å². The predicted molar refractivity (Wildman–Crippen MR) is 90.8 cm³/mol. The molecule has 0 saturated carbocycles. The molecular formula is C17H24N4O4. The van der Waals surface area contributed by atoms with Crippen LogP contribution in [0.15, 0.2) is 21.3 Å². The lowest BCUT2D eigenvalue weighted by molar-refractivity contribution is 0.0487. The van der Waals surface area contributed by atoms with Gasteiger partial charge in [0.25, 0.3) is 0 Å². The van der Waals surface area contributed by atoms with Crippen molar-refractivity contribution in [2.24, 2.45) is 0 Å². The average Bonchev–Trinajstić information content (AvgIpc) is 3.21. The largest absolute Gasteiger partial charge is 0.460 e. The van der Waals surface area contributed by atoms with Gasteiger partial charge >= 0.3 is 11.7 Å². The topological polar surface area (TPSA) is 91.3 Å². The smallest absolute Gasteiger partial charge is 0.374 e. The highest BCUT2D eigenvalue weighted by atomic mass is 16.5. The predicted octanol–water partition coefficient (Wildman–Crippen LogP) is 1.35. The van der Waals surface area contributed by atoms with Crippen LogP contribution in [0.2, 0.25) is 0 Å². The molecule has 25 heavy (non-hydrogen) atoms. The lowest BCUT2D eigenvalue weighted by Gasteiger charge is -2.21. The summed E-state index contributed by atoms with van der Waals surface area (Å²) in [6.07, 6.45) is 2.10. The molecule has 0 aliphatic carbocycles. The van der Waals surface area contributed by atoms with E-state index in [9.17, 15) is 9.59 Å². The van der Waals surface area contributed by atoms with Gasteiger partial charge in [0, 0.05) is 19.0 Å². The normalized spacial score (nSPS) is 17.6. The minimum Gasteiger partial charge on any atom is -0.460 e. The molecule has 0 unspecified atom stereocenters. The summed E-state index contributed by atoms with van der Waals surface area (Å²) < 4.78 is 13.5. The van der Waals surface area contributed by atoms with E-state index in [1.54, 1.807) is 23.6 Å². The molecule has 8 nitrogen and oxygen atoms in total. The van der Waals surface area contributed by atoms with Crippen molar-refractivity contribution in [2.75, 3.05) is 19.7 Å². The summed E-state index contributed by atoms with van der Waals surface area (Å²) in [5, 5.41) is 7.90. The standard InChI is InChI=1S/C17H24N4O4/c1-3-20-15(12-6-5-9-18-10-12)19-21(17(20)23)11-13-7-8-14(25-13)16(22)24-4-2/h7-8,12,18H,3-6,9-11H2,1-2H3/t12-/m1/s1. The van der Waals surface area contributed by atoms with Crippen molar-refractivity contribution >= 4 is 5.97 Å². The molecule has 3 rings (SSSR count). The fourth-order valence-corrected chi connectivity index (χ4v) is 3.15. The van der Waals surface area contributed by atoms with E-state index < -0.39 is 5.97 Å². The Bertz CT molecular complexity index is 783. The van der Waals surface area contributed by atoms with Gasteiger partial charge in [-0.15, -0.1) is 0 Å². The van der Waals surface area contributed by atoms with Gasteiger partial charge in [0.1, 0.15) is 18.1 Å². The third-order valence-corrected chi connectivity index (χ3v) is 4.37. The number of nitrogens with zero attached hydrogens (tertiary/aromatic N) is 3. The number of furan rings is 1. The number of rotatable bonds is 6. The summed E-state index contributed by atoms with van der Waals surface area (Å²) in [6, 6.07) is 3.23. The van der Waals surface area contributed by atoms with E-state index in [1.807, 2.05) is 6.92 Å². The van der Waals surface area contributed by atoms with Crippen LogP contribution in [0, 0.1) is 0 Å². The van der Waals surface area contributed by atoms with Gasteiger partial charge in [-0.3, -0.25) is 4.57 Å². The molecule has 1 saturated heterocycles. The van der Waals surface area contributed by atoms with Crippen molar-refractivity contribution in [3.8, 4) is 0 Å². The second kappa shape index (κ2) is 7.69. The first kappa shape index (κ1) is 17.5. The van der Waals surface area contributed by atoms with Crippen LogP contribution in [0.3, 0.4) is 0 Å². The molecular weight excluding hydrogens is 324 g/mol. The van der Waals surface area contributed by atoms with Gasteiger partial charge in [-0.25, -0.2) is 14.3 Å². The highest BCUT2D eigenvalue weighted by molar-refractivity contribution is 5.86. The summed E-state index contributed by atoms with van der Waals surface area (Å²) in [5.41, 5.74) is -0.155. The van der Waals surface area contributed by atoms with Crippen LogP contribution in [0.5, 0.6) is 0 Å². The molecule has 2 aromatic heterocycles. The molecule has 1 atom stereocenters. The highest BCUT2D eigenvalue weighted by Crippen LogP contribution is 2.21. The molecule has 3 heterocycles. The van der Waals surface area contributed by atoms with Crippen LogP contribution in [0.25, 0.3) is 0 Å². The maximum absolute atomic E-state index is 12.6. The van der Waals surface area contributed by atoms with Gasteiger partial charge in [0.15, 0.2) is 0 Å². The molecule has 0 spiro atoms. The maximum Gasteiger partial charge on any atom is 0.374 e. The van der Waals surface area contributed by atoms with Crippen molar-refractivity contribution < 1.29 is 13.9 Å². The lowest BCUT2D eigenvalue weighted by atomic mass is 9.99. The number of carbonyl (C=O) groups is 1. The third-order valence-electron chi connectivity index (χ3n) is 4.37. The van der Waals surface area contributed by atoms with Gasteiger partial charge in [0.2, 0.25) is 5.76 Å². The second-order valence-electron chi connectivity index (χ2n) is 6.07. The zero-order valence-electron chi connectivity index (χ0n) is 14.7. The Hall–Kier alpha value is -2.35. The van der Waals surface area contributed by atoms with Gasteiger partial charge in [0.05, 0.1) is 6.61 Å². The summed E-state index contributed by atoms with van der Waals surface area (Å²) in [5.74, 6) is 1.19. The summed E-state index contributed by atoms with van der Waals surface area (Å²) in [7, 11) is 0. The lowest BCUT2D eigenvalue weighted by Crippen LogP contribution is -2.31. The number of aromatic nitrogens is 3. The molecule has 0 radical (unpaired) electrons. The summed E-state index contributed by atoms with van der Waals surface area (Å²) >= 11 is 0. The number of ether oxygens (including phenoxy) is 1. The van der Waals surface area contributed by atoms with Crippen LogP contribution >= 0.6 is 0 Å². The maximum atomic E-state index is 12.6. The highest BCUT2D eigenvalue weighted by Gasteiger charge is 2.24. The Labute approximate surface area is 145 Å². The zero-order chi connectivity index (χ0) is 17.8. The molecule has 0 bridgehead atoms. The van der Waals surface area contributed by atoms with Gasteiger partial charge in [-0.2, -0.15) is 5.10 Å². The summed E-state index contributed by atoms with van der Waals surface area (Å²) in [4.78, 5) is 24.3. The molecule has 2 aromatic rings. The number of esters is 1. The monoisotopic (exact) mass is 348 g/mol. The molecule has 8 heteroatoms. The SMILES string of the molecule is CCOC(=O)c1ccc(Cn2nc([C@@H]3CCCNC3)n(CC)c2=O)o1. The molecule has 136 valence electrons. The number of hydrogen-bond acceptors (Lipinski definition) is 6. The van der Waals surface area contributed by atoms with E-state index in [-0.39, 0.29) is 30.5 Å². The van der Waals surface area contributed by atoms with Crippen molar-refractivity contribution in [2.45, 2.75) is 45.7 Å². The number of carbonyl (C=O) groups excluding carboxylic acids is 1. The van der Waals surface area contributed by atoms with Crippen molar-refractivity contribution in [1.82, 2.24) is 19.7 Å². The number of piperidine rings is 1. The van der Waals surface area contributed by atoms with E-state index in [0.717, 1.165) is 31.8 Å². The van der Waals surface area contributed by atoms with Gasteiger partial charge < -0.3 is 14.5 Å². The Morgan fingerprint density at radius 1 is 1.44 bits per heavy atom. The first-order valence-electron chi connectivity index (χ1n) is 8.78. The van der Waals surface area contributed by atoms with E-state index >= 15 is 0 Å². The van der Waals surface area contributed by atoms with Crippen LogP contribution in [-0.4, -0.2) is 40.0 Å². The number of nitrogens with one attached hydrogen (secondary N) is 1. The quantitative estimate of drug-likeness (QED) is 0.793. The summed E-state index contributed by atoms with van der Waals surface area (Å²) in [6.45, 7) is 6.59. The Morgan fingerprint density at radius 3 is 2.96 bits per heavy atom. The Kier molecular flexibility index (Phi) is 5.37. The minimum atomic E-state index is -0.505. The fraction of sp³-hybridized carbons (Fsp3) is 0.588. The van der Waals surface area contributed by atoms with Gasteiger partial charge in [-0.05, 0) is 45.4 Å². The Balaban J connectivity index is 1.82. The zero-order valence-corrected chi connectivity index (χ0v) is 14.7. The fourth-order valence-electron chi connectivity index (χ4n) is 3.15. The van der Waals surface area contributed by atoms with Crippen molar-refractivity contribution in [3.63, 3.8) is 0 Å². The van der Waals surface area contributed by atoms with E-state index in [0.29, 0.717) is 12.3 Å². The van der Waals surface area contributed by atoms with E-state index in [4.69, 9.17) is 9.15 Å². The van der Waals surface area contributed by atoms with Crippen molar-refractivity contribution in [3.05, 3.63) is 40.0 Å². The molecule has 1 aliphatic rings. The average molecular weight is 348 g/mol. The minimum absolute atomic E-state index is 0.136. The molecule has 0 amide bonds. The van der Waals surface area contributed by atoms with E-state index in [2.05, 4.69) is 10.4 Å². The molecule has 0 aromatic carbocycles. The Morgan fingerprint density at radius 2 is 2.28 bits per heavy atom. The molecule has 1 aliphatic heterocycles. The van der Waals surface area contributed by atoms with Crippen molar-refractivity contribution in [1.29, 1.82) is 0 Å². The van der Waals surface area contributed by atoms with Crippen LogP contribution in [0.1, 0.15) is 54.7 Å². The third kappa shape index (κ3) is 3.68. The van der Waals surface area contributed by atoms with E-state index in [1.165, 1.54) is 4.68 Å².